The van der Waals surface area contributed by atoms with Crippen molar-refractivity contribution in [2.24, 2.45) is 5.73 Å². The van der Waals surface area contributed by atoms with E-state index in [9.17, 15) is 22.8 Å². The highest BCUT2D eigenvalue weighted by molar-refractivity contribution is 7.11. The molecule has 0 spiro atoms. The molecule has 0 aliphatic carbocycles. The van der Waals surface area contributed by atoms with Gasteiger partial charge >= 0.3 is 6.03 Å². The van der Waals surface area contributed by atoms with Crippen molar-refractivity contribution in [1.82, 2.24) is 14.6 Å². The predicted octanol–water partition coefficient (Wildman–Crippen LogP) is 2.66. The molecule has 1 atom stereocenters. The van der Waals surface area contributed by atoms with E-state index in [0.717, 1.165) is 23.7 Å². The second-order valence-corrected chi connectivity index (χ2v) is 8.08. The van der Waals surface area contributed by atoms with E-state index < -0.39 is 41.9 Å². The van der Waals surface area contributed by atoms with E-state index in [1.165, 1.54) is 7.11 Å². The third-order valence-corrected chi connectivity index (χ3v) is 5.76. The lowest BCUT2D eigenvalue weighted by molar-refractivity contribution is 0.0996. The van der Waals surface area contributed by atoms with Gasteiger partial charge in [-0.15, -0.1) is 0 Å². The molecule has 4 N–H and O–H groups in total. The van der Waals surface area contributed by atoms with Crippen molar-refractivity contribution in [3.63, 3.8) is 0 Å². The summed E-state index contributed by atoms with van der Waals surface area (Å²) < 4.78 is 55.5. The first-order valence-corrected chi connectivity index (χ1v) is 10.9. The van der Waals surface area contributed by atoms with Gasteiger partial charge in [0, 0.05) is 19.6 Å². The monoisotopic (exact) mass is 487 g/mol. The molecule has 2 heterocycles. The van der Waals surface area contributed by atoms with Crippen LogP contribution in [0.1, 0.15) is 28.8 Å². The summed E-state index contributed by atoms with van der Waals surface area (Å²) in [4.78, 5) is 26.0. The standard InChI is InChI=1S/C20H24F3N5O4S/c1-31-14-4-3-13(22)12(16(14)23)10-32-18-15(17(24)29)19(33-27-18)26-20(30)25-6-2-7-28-8-5-11(21)9-28/h3-4,11H,2,5-10H2,1H3,(H2,24,29)(H2,25,26,30)/t11-/m1/s1. The Labute approximate surface area is 192 Å². The van der Waals surface area contributed by atoms with Gasteiger partial charge in [0.05, 0.1) is 12.7 Å². The molecule has 1 aliphatic rings. The number of methoxy groups -OCH3 is 1. The number of carbonyl (C=O) groups excluding carboxylic acids is 2. The van der Waals surface area contributed by atoms with Crippen LogP contribution < -0.4 is 25.8 Å². The van der Waals surface area contributed by atoms with Crippen LogP contribution in [0.15, 0.2) is 12.1 Å². The van der Waals surface area contributed by atoms with Crippen LogP contribution in [0.5, 0.6) is 11.6 Å². The Morgan fingerprint density at radius 2 is 2.15 bits per heavy atom. The number of hydrogen-bond donors (Lipinski definition) is 3. The zero-order valence-electron chi connectivity index (χ0n) is 17.8. The average Bonchev–Trinajstić information content (AvgIpc) is 3.37. The Bertz CT molecular complexity index is 1010. The molecular weight excluding hydrogens is 463 g/mol. The molecule has 180 valence electrons. The number of amides is 3. The Morgan fingerprint density at radius 1 is 1.36 bits per heavy atom. The molecule has 1 saturated heterocycles. The van der Waals surface area contributed by atoms with Gasteiger partial charge in [-0.1, -0.05) is 0 Å². The second-order valence-electron chi connectivity index (χ2n) is 7.31. The lowest BCUT2D eigenvalue weighted by atomic mass is 10.2. The van der Waals surface area contributed by atoms with Crippen LogP contribution in [0.4, 0.5) is 23.0 Å². The first-order chi connectivity index (χ1) is 15.8. The number of carbonyl (C=O) groups is 2. The van der Waals surface area contributed by atoms with Crippen LogP contribution in [0, 0.1) is 11.6 Å². The first-order valence-electron chi connectivity index (χ1n) is 10.1. The van der Waals surface area contributed by atoms with Crippen molar-refractivity contribution in [3.8, 4) is 11.6 Å². The average molecular weight is 488 g/mol. The first kappa shape index (κ1) is 24.6. The number of ether oxygens (including phenoxy) is 2. The molecule has 0 saturated carbocycles. The summed E-state index contributed by atoms with van der Waals surface area (Å²) in [6, 6.07) is 1.56. The minimum Gasteiger partial charge on any atom is -0.494 e. The highest BCUT2D eigenvalue weighted by Gasteiger charge is 2.24. The summed E-state index contributed by atoms with van der Waals surface area (Å²) in [7, 11) is 1.24. The van der Waals surface area contributed by atoms with E-state index in [-0.39, 0.29) is 22.2 Å². The molecule has 0 bridgehead atoms. The number of nitrogens with two attached hydrogens (primary N) is 1. The molecule has 0 unspecified atom stereocenters. The number of anilines is 1. The Hall–Kier alpha value is -3.06. The van der Waals surface area contributed by atoms with Crippen LogP contribution >= 0.6 is 11.5 Å². The number of nitrogens with one attached hydrogen (secondary N) is 2. The molecular formula is C20H24F3N5O4S. The fourth-order valence-electron chi connectivity index (χ4n) is 3.32. The predicted molar refractivity (Wildman–Crippen MR) is 115 cm³/mol. The molecule has 33 heavy (non-hydrogen) atoms. The zero-order valence-corrected chi connectivity index (χ0v) is 18.6. The summed E-state index contributed by atoms with van der Waals surface area (Å²) in [5, 5.41) is 5.13. The fraction of sp³-hybridized carbons (Fsp3) is 0.450. The van der Waals surface area contributed by atoms with E-state index >= 15 is 0 Å². The maximum atomic E-state index is 14.3. The van der Waals surface area contributed by atoms with E-state index in [2.05, 4.69) is 15.0 Å². The number of rotatable bonds is 10. The largest absolute Gasteiger partial charge is 0.494 e. The van der Waals surface area contributed by atoms with Gasteiger partial charge < -0.3 is 25.4 Å². The van der Waals surface area contributed by atoms with Crippen LogP contribution in [0.2, 0.25) is 0 Å². The zero-order chi connectivity index (χ0) is 24.0. The van der Waals surface area contributed by atoms with Gasteiger partial charge in [0.25, 0.3) is 5.91 Å². The van der Waals surface area contributed by atoms with Gasteiger partial charge in [-0.25, -0.2) is 18.0 Å². The number of alkyl halides is 1. The van der Waals surface area contributed by atoms with Crippen LogP contribution in [-0.2, 0) is 6.61 Å². The molecule has 3 amide bonds. The SMILES string of the molecule is COc1ccc(F)c(COc2nsc(NC(=O)NCCCN3CC[C@@H](F)C3)c2C(N)=O)c1F. The second kappa shape index (κ2) is 11.2. The summed E-state index contributed by atoms with van der Waals surface area (Å²) in [6.45, 7) is 1.51. The van der Waals surface area contributed by atoms with Crippen molar-refractivity contribution >= 4 is 28.5 Å². The molecule has 13 heteroatoms. The fourth-order valence-corrected chi connectivity index (χ4v) is 4.06. The Kier molecular flexibility index (Phi) is 8.33. The van der Waals surface area contributed by atoms with Crippen LogP contribution in [-0.4, -0.2) is 60.7 Å². The topological polar surface area (TPSA) is 119 Å². The normalized spacial score (nSPS) is 15.9. The summed E-state index contributed by atoms with van der Waals surface area (Å²) >= 11 is 0.734. The summed E-state index contributed by atoms with van der Waals surface area (Å²) in [5.41, 5.74) is 4.75. The lowest BCUT2D eigenvalue weighted by Crippen LogP contribution is -2.32. The van der Waals surface area contributed by atoms with Crippen molar-refractivity contribution in [1.29, 1.82) is 0 Å². The smallest absolute Gasteiger partial charge is 0.319 e. The van der Waals surface area contributed by atoms with Gasteiger partial charge in [-0.05, 0) is 43.1 Å². The van der Waals surface area contributed by atoms with Gasteiger partial charge in [-0.3, -0.25) is 10.1 Å². The molecule has 1 aliphatic heterocycles. The lowest BCUT2D eigenvalue weighted by Gasteiger charge is -2.14. The number of hydrogen-bond acceptors (Lipinski definition) is 7. The highest BCUT2D eigenvalue weighted by Crippen LogP contribution is 2.31. The molecule has 9 nitrogen and oxygen atoms in total. The maximum absolute atomic E-state index is 14.3. The van der Waals surface area contributed by atoms with Crippen molar-refractivity contribution in [2.75, 3.05) is 38.6 Å². The third kappa shape index (κ3) is 6.26. The van der Waals surface area contributed by atoms with Crippen molar-refractivity contribution in [3.05, 3.63) is 34.9 Å². The maximum Gasteiger partial charge on any atom is 0.319 e. The van der Waals surface area contributed by atoms with E-state index in [1.54, 1.807) is 0 Å². The molecule has 1 aromatic heterocycles. The van der Waals surface area contributed by atoms with Crippen LogP contribution in [0.25, 0.3) is 0 Å². The number of urea groups is 1. The minimum atomic E-state index is -0.943. The minimum absolute atomic E-state index is 0.0291. The molecule has 1 fully saturated rings. The Balaban J connectivity index is 1.57. The molecule has 2 aromatic rings. The summed E-state index contributed by atoms with van der Waals surface area (Å²) in [6.07, 6.45) is 0.349. The highest BCUT2D eigenvalue weighted by atomic mass is 32.1. The third-order valence-electron chi connectivity index (χ3n) is 5.01. The van der Waals surface area contributed by atoms with E-state index in [0.29, 0.717) is 39.0 Å². The van der Waals surface area contributed by atoms with E-state index in [4.69, 9.17) is 15.2 Å². The van der Waals surface area contributed by atoms with Crippen molar-refractivity contribution in [2.45, 2.75) is 25.6 Å². The van der Waals surface area contributed by atoms with Crippen LogP contribution in [0.3, 0.4) is 0 Å². The van der Waals surface area contributed by atoms with Gasteiger partial charge in [0.2, 0.25) is 5.88 Å². The number of nitrogens with zero attached hydrogens (tertiary/aromatic N) is 2. The number of benzene rings is 1. The molecule has 3 rings (SSSR count). The quantitative estimate of drug-likeness (QED) is 0.444. The summed E-state index contributed by atoms with van der Waals surface area (Å²) in [5.74, 6) is -3.17. The molecule has 0 radical (unpaired) electrons. The van der Waals surface area contributed by atoms with Gasteiger partial charge in [0.15, 0.2) is 11.6 Å². The number of primary amides is 1. The van der Waals surface area contributed by atoms with Crippen molar-refractivity contribution < 1.29 is 32.2 Å². The van der Waals surface area contributed by atoms with E-state index in [1.807, 2.05) is 4.90 Å². The van der Waals surface area contributed by atoms with Gasteiger partial charge in [0.1, 0.15) is 29.2 Å². The van der Waals surface area contributed by atoms with Gasteiger partial charge in [-0.2, -0.15) is 4.37 Å². The number of halogens is 3. The molecule has 1 aromatic carbocycles. The number of aromatic nitrogens is 1. The number of likely N-dealkylation sites (tertiary alicyclic amines) is 1. The Morgan fingerprint density at radius 3 is 2.82 bits per heavy atom.